The fraction of sp³-hybridized carbons (Fsp3) is 0.350. The highest BCUT2D eigenvalue weighted by Gasteiger charge is 2.61. The minimum atomic E-state index is -3.87. The molecule has 30 heavy (non-hydrogen) atoms. The zero-order valence-corrected chi connectivity index (χ0v) is 17.5. The second kappa shape index (κ2) is 6.51. The van der Waals surface area contributed by atoms with E-state index in [1.807, 2.05) is 31.2 Å². The molecule has 1 spiro atoms. The van der Waals surface area contributed by atoms with Crippen molar-refractivity contribution in [2.75, 3.05) is 11.9 Å². The lowest BCUT2D eigenvalue weighted by Crippen LogP contribution is -2.42. The zero-order valence-electron chi connectivity index (χ0n) is 16.7. The summed E-state index contributed by atoms with van der Waals surface area (Å²) >= 11 is 0. The molecule has 1 aromatic carbocycles. The van der Waals surface area contributed by atoms with Gasteiger partial charge in [0.1, 0.15) is 4.90 Å². The molecule has 0 bridgehead atoms. The first kappa shape index (κ1) is 19.0. The Morgan fingerprint density at radius 3 is 2.70 bits per heavy atom. The third-order valence-electron chi connectivity index (χ3n) is 6.12. The van der Waals surface area contributed by atoms with Crippen LogP contribution in [0.1, 0.15) is 30.5 Å². The van der Waals surface area contributed by atoms with Crippen molar-refractivity contribution in [2.45, 2.75) is 36.2 Å². The Kier molecular flexibility index (Phi) is 4.13. The van der Waals surface area contributed by atoms with Gasteiger partial charge in [0, 0.05) is 43.8 Å². The molecule has 2 atom stereocenters. The largest absolute Gasteiger partial charge is 0.325 e. The van der Waals surface area contributed by atoms with Crippen LogP contribution in [0.3, 0.4) is 0 Å². The van der Waals surface area contributed by atoms with Crippen molar-refractivity contribution >= 4 is 21.6 Å². The molecule has 1 N–H and O–H groups in total. The van der Waals surface area contributed by atoms with Crippen LogP contribution in [0, 0.1) is 0 Å². The standard InChI is InChI=1S/C20H22N6O3S/c1-3-25-13-15(11-22-25)30(28,29)26-9-8-20(18(26)14-10-21-24(2)12-14)16-6-4-5-7-17(16)23-19(20)27/h4-7,10-13,18H,3,8-9H2,1-2H3,(H,23,27). The molecule has 1 amide bonds. The molecular weight excluding hydrogens is 404 g/mol. The molecule has 2 aliphatic rings. The van der Waals surface area contributed by atoms with Crippen LogP contribution >= 0.6 is 0 Å². The van der Waals surface area contributed by atoms with E-state index in [1.54, 1.807) is 28.8 Å². The summed E-state index contributed by atoms with van der Waals surface area (Å²) in [5.74, 6) is -0.181. The van der Waals surface area contributed by atoms with Crippen LogP contribution in [0.2, 0.25) is 0 Å². The highest BCUT2D eigenvalue weighted by molar-refractivity contribution is 7.89. The van der Waals surface area contributed by atoms with Crippen LogP contribution in [-0.4, -0.2) is 44.7 Å². The number of aryl methyl sites for hydroxylation is 2. The van der Waals surface area contributed by atoms with Gasteiger partial charge in [0.15, 0.2) is 0 Å². The Hall–Kier alpha value is -2.98. The minimum Gasteiger partial charge on any atom is -0.325 e. The first-order valence-electron chi connectivity index (χ1n) is 9.81. The second-order valence-corrected chi connectivity index (χ2v) is 9.61. The summed E-state index contributed by atoms with van der Waals surface area (Å²) in [6.07, 6.45) is 6.71. The summed E-state index contributed by atoms with van der Waals surface area (Å²) in [4.78, 5) is 13.5. The van der Waals surface area contributed by atoms with E-state index < -0.39 is 21.5 Å². The quantitative estimate of drug-likeness (QED) is 0.684. The number of nitrogens with one attached hydrogen (secondary N) is 1. The molecule has 2 aliphatic heterocycles. The normalized spacial score (nSPS) is 23.8. The van der Waals surface area contributed by atoms with E-state index >= 15 is 0 Å². The van der Waals surface area contributed by atoms with E-state index in [0.717, 1.165) is 11.3 Å². The van der Waals surface area contributed by atoms with Crippen LogP contribution in [0.4, 0.5) is 5.69 Å². The Morgan fingerprint density at radius 2 is 2.00 bits per heavy atom. The predicted octanol–water partition coefficient (Wildman–Crippen LogP) is 1.66. The number of benzene rings is 1. The maximum atomic E-state index is 13.6. The number of nitrogens with zero attached hydrogens (tertiary/aromatic N) is 5. The van der Waals surface area contributed by atoms with Gasteiger partial charge < -0.3 is 5.32 Å². The summed E-state index contributed by atoms with van der Waals surface area (Å²) in [7, 11) is -2.10. The van der Waals surface area contributed by atoms with Gasteiger partial charge in [-0.25, -0.2) is 8.42 Å². The van der Waals surface area contributed by atoms with Gasteiger partial charge in [-0.15, -0.1) is 0 Å². The Morgan fingerprint density at radius 1 is 1.20 bits per heavy atom. The molecule has 4 heterocycles. The van der Waals surface area contributed by atoms with Crippen LogP contribution in [0.5, 0.6) is 0 Å². The SMILES string of the molecule is CCn1cc(S(=O)(=O)N2CCC3(C(=O)Nc4ccccc43)C2c2cnn(C)c2)cn1. The first-order valence-corrected chi connectivity index (χ1v) is 11.3. The van der Waals surface area contributed by atoms with E-state index in [2.05, 4.69) is 15.5 Å². The van der Waals surface area contributed by atoms with Crippen molar-refractivity contribution in [2.24, 2.45) is 7.05 Å². The van der Waals surface area contributed by atoms with E-state index in [1.165, 1.54) is 16.7 Å². The van der Waals surface area contributed by atoms with Gasteiger partial charge in [0.05, 0.1) is 23.9 Å². The smallest absolute Gasteiger partial charge is 0.246 e. The summed E-state index contributed by atoms with van der Waals surface area (Å²) in [6, 6.07) is 6.79. The molecule has 0 radical (unpaired) electrons. The average molecular weight is 427 g/mol. The lowest BCUT2D eigenvalue weighted by Gasteiger charge is -2.32. The molecule has 156 valence electrons. The molecule has 0 saturated carbocycles. The van der Waals surface area contributed by atoms with Gasteiger partial charge in [-0.1, -0.05) is 18.2 Å². The number of anilines is 1. The molecule has 3 aromatic rings. The van der Waals surface area contributed by atoms with E-state index in [4.69, 9.17) is 0 Å². The third-order valence-corrected chi connectivity index (χ3v) is 7.94. The highest BCUT2D eigenvalue weighted by Crippen LogP contribution is 2.55. The number of hydrogen-bond donors (Lipinski definition) is 1. The Balaban J connectivity index is 1.69. The third kappa shape index (κ3) is 2.50. The molecule has 2 unspecified atom stereocenters. The number of amides is 1. The molecule has 5 rings (SSSR count). The number of aromatic nitrogens is 4. The monoisotopic (exact) mass is 426 g/mol. The van der Waals surface area contributed by atoms with Gasteiger partial charge in [0.2, 0.25) is 15.9 Å². The van der Waals surface area contributed by atoms with Gasteiger partial charge in [-0.2, -0.15) is 14.5 Å². The van der Waals surface area contributed by atoms with Crippen LogP contribution < -0.4 is 5.32 Å². The van der Waals surface area contributed by atoms with E-state index in [9.17, 15) is 13.2 Å². The Labute approximate surface area is 174 Å². The van der Waals surface area contributed by atoms with Crippen molar-refractivity contribution in [3.63, 3.8) is 0 Å². The van der Waals surface area contributed by atoms with Crippen molar-refractivity contribution < 1.29 is 13.2 Å². The zero-order chi connectivity index (χ0) is 21.1. The number of sulfonamides is 1. The molecule has 1 saturated heterocycles. The summed E-state index contributed by atoms with van der Waals surface area (Å²) in [6.45, 7) is 2.69. The lowest BCUT2D eigenvalue weighted by atomic mass is 9.73. The van der Waals surface area contributed by atoms with Gasteiger partial charge in [-0.3, -0.25) is 14.2 Å². The van der Waals surface area contributed by atoms with Crippen LogP contribution in [0.15, 0.2) is 53.9 Å². The number of carbonyl (C=O) groups excluding carboxylic acids is 1. The van der Waals surface area contributed by atoms with Gasteiger partial charge in [0.25, 0.3) is 0 Å². The fourth-order valence-electron chi connectivity index (χ4n) is 4.73. The summed E-state index contributed by atoms with van der Waals surface area (Å²) in [5.41, 5.74) is 1.24. The van der Waals surface area contributed by atoms with Crippen molar-refractivity contribution in [1.29, 1.82) is 0 Å². The van der Waals surface area contributed by atoms with Crippen molar-refractivity contribution in [1.82, 2.24) is 23.9 Å². The number of rotatable bonds is 4. The Bertz CT molecular complexity index is 1250. The fourth-order valence-corrected chi connectivity index (χ4v) is 6.35. The van der Waals surface area contributed by atoms with Crippen LogP contribution in [0.25, 0.3) is 0 Å². The van der Waals surface area contributed by atoms with Gasteiger partial charge >= 0.3 is 0 Å². The summed E-state index contributed by atoms with van der Waals surface area (Å²) < 4.78 is 31.9. The topological polar surface area (TPSA) is 102 Å². The average Bonchev–Trinajstić information content (AvgIpc) is 3.49. The molecule has 0 aliphatic carbocycles. The maximum Gasteiger partial charge on any atom is 0.246 e. The van der Waals surface area contributed by atoms with E-state index in [0.29, 0.717) is 18.5 Å². The maximum absolute atomic E-state index is 13.6. The molecular formula is C20H22N6O3S. The molecule has 9 nitrogen and oxygen atoms in total. The highest BCUT2D eigenvalue weighted by atomic mass is 32.2. The summed E-state index contributed by atoms with van der Waals surface area (Å²) in [5, 5.41) is 11.3. The van der Waals surface area contributed by atoms with Crippen molar-refractivity contribution in [3.8, 4) is 0 Å². The van der Waals surface area contributed by atoms with Crippen LogP contribution in [-0.2, 0) is 33.8 Å². The first-order chi connectivity index (χ1) is 14.4. The number of hydrogen-bond acceptors (Lipinski definition) is 5. The number of fused-ring (bicyclic) bond motifs is 2. The predicted molar refractivity (Wildman–Crippen MR) is 109 cm³/mol. The molecule has 2 aromatic heterocycles. The lowest BCUT2D eigenvalue weighted by molar-refractivity contribution is -0.121. The van der Waals surface area contributed by atoms with Crippen molar-refractivity contribution in [3.05, 3.63) is 60.2 Å². The number of carbonyl (C=O) groups is 1. The van der Waals surface area contributed by atoms with E-state index in [-0.39, 0.29) is 17.3 Å². The number of para-hydroxylation sites is 1. The second-order valence-electron chi connectivity index (χ2n) is 7.72. The minimum absolute atomic E-state index is 0.127. The molecule has 10 heteroatoms. The molecule has 1 fully saturated rings. The van der Waals surface area contributed by atoms with Gasteiger partial charge in [-0.05, 0) is 25.0 Å².